The Hall–Kier alpha value is -3.12. The summed E-state index contributed by atoms with van der Waals surface area (Å²) in [5, 5.41) is 6.99. The summed E-state index contributed by atoms with van der Waals surface area (Å²) in [5.41, 5.74) is 3.70. The normalized spacial score (nSPS) is 17.2. The minimum atomic E-state index is 0.530. The van der Waals surface area contributed by atoms with Crippen LogP contribution in [0.4, 0.5) is 0 Å². The first-order valence-corrected chi connectivity index (χ1v) is 10.6. The van der Waals surface area contributed by atoms with Gasteiger partial charge in [0, 0.05) is 45.1 Å². The molecule has 1 fully saturated rings. The highest BCUT2D eigenvalue weighted by Crippen LogP contribution is 2.19. The molecule has 2 heterocycles. The predicted octanol–water partition coefficient (Wildman–Crippen LogP) is 3.20. The third-order valence-electron chi connectivity index (χ3n) is 5.68. The lowest BCUT2D eigenvalue weighted by Crippen LogP contribution is -2.44. The minimum absolute atomic E-state index is 0.530. The van der Waals surface area contributed by atoms with Crippen molar-refractivity contribution in [2.75, 3.05) is 20.1 Å². The van der Waals surface area contributed by atoms with Gasteiger partial charge >= 0.3 is 0 Å². The molecule has 0 bridgehead atoms. The highest BCUT2D eigenvalue weighted by atomic mass is 15.2. The number of aromatic nitrogens is 2. The van der Waals surface area contributed by atoms with Gasteiger partial charge in [-0.05, 0) is 36.6 Å². The van der Waals surface area contributed by atoms with E-state index >= 15 is 0 Å². The van der Waals surface area contributed by atoms with E-state index in [0.29, 0.717) is 12.6 Å². The smallest absolute Gasteiger partial charge is 0.191 e. The summed E-state index contributed by atoms with van der Waals surface area (Å²) < 4.78 is 2.03. The molecule has 0 spiro atoms. The summed E-state index contributed by atoms with van der Waals surface area (Å²) in [5.74, 6) is 0.835. The molecule has 2 aromatic carbocycles. The number of hydrogen-bond donors (Lipinski definition) is 2. The number of rotatable bonds is 7. The van der Waals surface area contributed by atoms with E-state index in [1.807, 2.05) is 30.2 Å². The number of para-hydroxylation sites is 1. The van der Waals surface area contributed by atoms with Crippen molar-refractivity contribution < 1.29 is 0 Å². The zero-order valence-electron chi connectivity index (χ0n) is 17.5. The van der Waals surface area contributed by atoms with Gasteiger partial charge in [-0.3, -0.25) is 9.89 Å². The predicted molar refractivity (Wildman–Crippen MR) is 122 cm³/mol. The summed E-state index contributed by atoms with van der Waals surface area (Å²) in [6.07, 6.45) is 8.07. The van der Waals surface area contributed by atoms with Gasteiger partial charge in [0.25, 0.3) is 0 Å². The van der Waals surface area contributed by atoms with Gasteiger partial charge in [-0.2, -0.15) is 0 Å². The van der Waals surface area contributed by atoms with Crippen molar-refractivity contribution in [2.24, 2.45) is 4.99 Å². The summed E-state index contributed by atoms with van der Waals surface area (Å²) >= 11 is 0. The summed E-state index contributed by atoms with van der Waals surface area (Å²) in [4.78, 5) is 11.2. The molecular formula is C24H30N6. The fraction of sp³-hybridized carbons (Fsp3) is 0.333. The van der Waals surface area contributed by atoms with Crippen molar-refractivity contribution in [1.29, 1.82) is 0 Å². The van der Waals surface area contributed by atoms with Crippen LogP contribution in [-0.2, 0) is 13.1 Å². The number of aliphatic imine (C=N–C) groups is 1. The number of nitrogens with one attached hydrogen (secondary N) is 2. The lowest BCUT2D eigenvalue weighted by Gasteiger charge is -2.25. The van der Waals surface area contributed by atoms with Gasteiger partial charge in [-0.15, -0.1) is 0 Å². The Labute approximate surface area is 178 Å². The SMILES string of the molecule is CN=C(NCc1ccccc1-n1ccnc1)NCC1CCCN1Cc1ccccc1. The number of imidazole rings is 1. The maximum atomic E-state index is 4.42. The molecule has 6 heteroatoms. The Balaban J connectivity index is 1.31. The van der Waals surface area contributed by atoms with E-state index in [0.717, 1.165) is 31.3 Å². The molecular weight excluding hydrogens is 372 g/mol. The molecule has 30 heavy (non-hydrogen) atoms. The van der Waals surface area contributed by atoms with Gasteiger partial charge in [0.1, 0.15) is 0 Å². The van der Waals surface area contributed by atoms with E-state index in [1.54, 1.807) is 6.20 Å². The van der Waals surface area contributed by atoms with Crippen LogP contribution in [0.1, 0.15) is 24.0 Å². The molecule has 1 saturated heterocycles. The first-order chi connectivity index (χ1) is 14.8. The Morgan fingerprint density at radius 2 is 1.93 bits per heavy atom. The highest BCUT2D eigenvalue weighted by Gasteiger charge is 2.24. The van der Waals surface area contributed by atoms with Crippen LogP contribution in [0, 0.1) is 0 Å². The van der Waals surface area contributed by atoms with Crippen LogP contribution in [0.3, 0.4) is 0 Å². The van der Waals surface area contributed by atoms with Crippen LogP contribution in [-0.4, -0.2) is 46.6 Å². The van der Waals surface area contributed by atoms with Crippen LogP contribution in [0.25, 0.3) is 5.69 Å². The van der Waals surface area contributed by atoms with E-state index in [-0.39, 0.29) is 0 Å². The summed E-state index contributed by atoms with van der Waals surface area (Å²) in [6.45, 7) is 3.77. The number of benzene rings is 2. The Morgan fingerprint density at radius 3 is 2.73 bits per heavy atom. The maximum Gasteiger partial charge on any atom is 0.191 e. The molecule has 1 atom stereocenters. The van der Waals surface area contributed by atoms with Crippen LogP contribution in [0.2, 0.25) is 0 Å². The molecule has 1 aromatic heterocycles. The van der Waals surface area contributed by atoms with Gasteiger partial charge in [-0.25, -0.2) is 4.98 Å². The van der Waals surface area contributed by atoms with Crippen LogP contribution >= 0.6 is 0 Å². The summed E-state index contributed by atoms with van der Waals surface area (Å²) in [7, 11) is 1.83. The first-order valence-electron chi connectivity index (χ1n) is 10.6. The largest absolute Gasteiger partial charge is 0.355 e. The molecule has 0 radical (unpaired) electrons. The van der Waals surface area contributed by atoms with Gasteiger partial charge < -0.3 is 15.2 Å². The van der Waals surface area contributed by atoms with Gasteiger partial charge in [0.2, 0.25) is 0 Å². The topological polar surface area (TPSA) is 57.5 Å². The second-order valence-electron chi connectivity index (χ2n) is 7.66. The third kappa shape index (κ3) is 5.07. The minimum Gasteiger partial charge on any atom is -0.355 e. The Kier molecular flexibility index (Phi) is 6.77. The molecule has 3 aromatic rings. The molecule has 4 rings (SSSR count). The van der Waals surface area contributed by atoms with E-state index in [1.165, 1.54) is 24.0 Å². The number of guanidine groups is 1. The molecule has 1 unspecified atom stereocenters. The average Bonchev–Trinajstić information content (AvgIpc) is 3.47. The van der Waals surface area contributed by atoms with Gasteiger partial charge in [-0.1, -0.05) is 48.5 Å². The van der Waals surface area contributed by atoms with Crippen molar-refractivity contribution in [3.63, 3.8) is 0 Å². The molecule has 0 amide bonds. The van der Waals surface area contributed by atoms with E-state index in [2.05, 4.69) is 74.0 Å². The van der Waals surface area contributed by atoms with Crippen molar-refractivity contribution in [3.8, 4) is 5.69 Å². The second-order valence-corrected chi connectivity index (χ2v) is 7.66. The van der Waals surface area contributed by atoms with Gasteiger partial charge in [0.15, 0.2) is 5.96 Å². The lowest BCUT2D eigenvalue weighted by atomic mass is 10.1. The number of hydrogen-bond acceptors (Lipinski definition) is 3. The molecule has 156 valence electrons. The quantitative estimate of drug-likeness (QED) is 0.471. The summed E-state index contributed by atoms with van der Waals surface area (Å²) in [6, 6.07) is 19.6. The fourth-order valence-electron chi connectivity index (χ4n) is 4.08. The van der Waals surface area contributed by atoms with Crippen LogP contribution in [0.15, 0.2) is 78.3 Å². The van der Waals surface area contributed by atoms with Crippen LogP contribution < -0.4 is 10.6 Å². The maximum absolute atomic E-state index is 4.42. The first kappa shape index (κ1) is 20.2. The molecule has 1 aliphatic heterocycles. The third-order valence-corrected chi connectivity index (χ3v) is 5.68. The lowest BCUT2D eigenvalue weighted by molar-refractivity contribution is 0.245. The average molecular weight is 403 g/mol. The molecule has 0 saturated carbocycles. The van der Waals surface area contributed by atoms with Crippen molar-refractivity contribution in [1.82, 2.24) is 25.1 Å². The van der Waals surface area contributed by atoms with Crippen LogP contribution in [0.5, 0.6) is 0 Å². The van der Waals surface area contributed by atoms with E-state index < -0.39 is 0 Å². The zero-order valence-corrected chi connectivity index (χ0v) is 17.5. The molecule has 2 N–H and O–H groups in total. The Bertz CT molecular complexity index is 935. The molecule has 6 nitrogen and oxygen atoms in total. The van der Waals surface area contributed by atoms with Crippen molar-refractivity contribution >= 4 is 5.96 Å². The monoisotopic (exact) mass is 402 g/mol. The standard InChI is InChI=1S/C24H30N6/c1-25-24(27-16-21-10-5-6-12-23(21)30-15-13-26-19-30)28-17-22-11-7-14-29(22)18-20-8-3-2-4-9-20/h2-6,8-10,12-13,15,19,22H,7,11,14,16-18H2,1H3,(H2,25,27,28). The van der Waals surface area contributed by atoms with E-state index in [4.69, 9.17) is 0 Å². The molecule has 0 aliphatic carbocycles. The zero-order chi connectivity index (χ0) is 20.6. The fourth-order valence-corrected chi connectivity index (χ4v) is 4.08. The van der Waals surface area contributed by atoms with Crippen molar-refractivity contribution in [2.45, 2.75) is 32.0 Å². The second kappa shape index (κ2) is 10.1. The van der Waals surface area contributed by atoms with Crippen molar-refractivity contribution in [3.05, 3.63) is 84.4 Å². The molecule has 1 aliphatic rings. The Morgan fingerprint density at radius 1 is 1.10 bits per heavy atom. The number of likely N-dealkylation sites (tertiary alicyclic amines) is 1. The number of nitrogens with zero attached hydrogens (tertiary/aromatic N) is 4. The van der Waals surface area contributed by atoms with Gasteiger partial charge in [0.05, 0.1) is 12.0 Å². The van der Waals surface area contributed by atoms with E-state index in [9.17, 15) is 0 Å². The highest BCUT2D eigenvalue weighted by molar-refractivity contribution is 5.79.